The number of imidazole rings is 1. The van der Waals surface area contributed by atoms with Gasteiger partial charge in [0, 0.05) is 18.8 Å². The summed E-state index contributed by atoms with van der Waals surface area (Å²) in [6, 6.07) is 10.8. The van der Waals surface area contributed by atoms with Gasteiger partial charge < -0.3 is 20.1 Å². The van der Waals surface area contributed by atoms with Gasteiger partial charge in [-0.05, 0) is 43.7 Å². The average Bonchev–Trinajstić information content (AvgIpc) is 3.29. The molecule has 28 heavy (non-hydrogen) atoms. The number of ether oxygens (including phenoxy) is 2. The second-order valence-corrected chi connectivity index (χ2v) is 6.74. The summed E-state index contributed by atoms with van der Waals surface area (Å²) in [7, 11) is 0. The van der Waals surface area contributed by atoms with E-state index in [9.17, 15) is 9.59 Å². The van der Waals surface area contributed by atoms with E-state index >= 15 is 0 Å². The lowest BCUT2D eigenvalue weighted by molar-refractivity contribution is 0.0939. The van der Waals surface area contributed by atoms with E-state index in [1.165, 1.54) is 0 Å². The van der Waals surface area contributed by atoms with Gasteiger partial charge in [0.05, 0.1) is 5.52 Å². The topological polar surface area (TPSA) is 94.0 Å². The van der Waals surface area contributed by atoms with E-state index in [1.807, 2.05) is 32.0 Å². The molecule has 8 nitrogen and oxygen atoms in total. The quantitative estimate of drug-likeness (QED) is 0.707. The summed E-state index contributed by atoms with van der Waals surface area (Å²) in [5, 5.41) is 5.65. The molecular weight excluding hydrogens is 360 g/mol. The number of nitrogens with one attached hydrogen (secondary N) is 2. The molecule has 0 spiro atoms. The molecule has 0 unspecified atom stereocenters. The van der Waals surface area contributed by atoms with Gasteiger partial charge in [-0.15, -0.1) is 0 Å². The number of amides is 2. The van der Waals surface area contributed by atoms with Crippen molar-refractivity contribution in [1.29, 1.82) is 0 Å². The first kappa shape index (κ1) is 17.8. The third kappa shape index (κ3) is 3.36. The third-order valence-corrected chi connectivity index (χ3v) is 4.28. The Bertz CT molecular complexity index is 1060. The Morgan fingerprint density at radius 3 is 2.79 bits per heavy atom. The molecule has 2 amide bonds. The Morgan fingerprint density at radius 1 is 1.14 bits per heavy atom. The Kier molecular flexibility index (Phi) is 4.60. The number of hydrogen-bond acceptors (Lipinski definition) is 5. The highest BCUT2D eigenvalue weighted by Gasteiger charge is 2.22. The maximum Gasteiger partial charge on any atom is 0.287 e. The summed E-state index contributed by atoms with van der Waals surface area (Å²) in [4.78, 5) is 29.5. The third-order valence-electron chi connectivity index (χ3n) is 4.28. The molecule has 0 saturated carbocycles. The van der Waals surface area contributed by atoms with Gasteiger partial charge in [-0.3, -0.25) is 14.0 Å². The number of nitrogens with zero attached hydrogens (tertiary/aromatic N) is 2. The van der Waals surface area contributed by atoms with Crippen LogP contribution in [-0.4, -0.2) is 34.0 Å². The number of rotatable bonds is 5. The Morgan fingerprint density at radius 2 is 1.96 bits per heavy atom. The predicted molar refractivity (Wildman–Crippen MR) is 102 cm³/mol. The van der Waals surface area contributed by atoms with Gasteiger partial charge in [-0.25, -0.2) is 4.98 Å². The van der Waals surface area contributed by atoms with Crippen molar-refractivity contribution in [3.05, 3.63) is 59.7 Å². The van der Waals surface area contributed by atoms with Crippen molar-refractivity contribution in [2.75, 3.05) is 6.79 Å². The van der Waals surface area contributed by atoms with Crippen molar-refractivity contribution in [2.24, 2.45) is 0 Å². The van der Waals surface area contributed by atoms with E-state index in [0.717, 1.165) is 5.56 Å². The van der Waals surface area contributed by atoms with E-state index in [0.29, 0.717) is 23.6 Å². The maximum atomic E-state index is 12.7. The first-order valence-electron chi connectivity index (χ1n) is 8.97. The average molecular weight is 380 g/mol. The molecule has 1 aliphatic rings. The molecule has 0 aliphatic carbocycles. The van der Waals surface area contributed by atoms with Crippen LogP contribution < -0.4 is 20.1 Å². The number of hydrogen-bond donors (Lipinski definition) is 2. The molecule has 0 radical (unpaired) electrons. The summed E-state index contributed by atoms with van der Waals surface area (Å²) < 4.78 is 12.3. The summed E-state index contributed by atoms with van der Waals surface area (Å²) in [5.74, 6) is 0.821. The lowest BCUT2D eigenvalue weighted by Crippen LogP contribution is -2.30. The minimum atomic E-state index is -0.373. The SMILES string of the molecule is CC(C)NC(=O)c1nc(C(=O)NCc2ccc3c(c2)OCO3)n2ccccc12. The molecule has 1 aliphatic heterocycles. The predicted octanol–water partition coefficient (Wildman–Crippen LogP) is 2.13. The molecule has 0 atom stereocenters. The fourth-order valence-corrected chi connectivity index (χ4v) is 3.01. The summed E-state index contributed by atoms with van der Waals surface area (Å²) in [6.45, 7) is 4.24. The van der Waals surface area contributed by atoms with Crippen molar-refractivity contribution in [1.82, 2.24) is 20.0 Å². The van der Waals surface area contributed by atoms with Gasteiger partial charge in [0.25, 0.3) is 11.8 Å². The first-order valence-corrected chi connectivity index (χ1v) is 8.97. The van der Waals surface area contributed by atoms with Crippen LogP contribution in [0.2, 0.25) is 0 Å². The van der Waals surface area contributed by atoms with Crippen LogP contribution >= 0.6 is 0 Å². The van der Waals surface area contributed by atoms with Crippen molar-refractivity contribution < 1.29 is 19.1 Å². The summed E-state index contributed by atoms with van der Waals surface area (Å²) >= 11 is 0. The van der Waals surface area contributed by atoms with Crippen LogP contribution in [0.5, 0.6) is 11.5 Å². The van der Waals surface area contributed by atoms with E-state index < -0.39 is 0 Å². The largest absolute Gasteiger partial charge is 0.454 e. The molecule has 0 saturated heterocycles. The van der Waals surface area contributed by atoms with Crippen molar-refractivity contribution in [3.63, 3.8) is 0 Å². The van der Waals surface area contributed by atoms with Gasteiger partial charge >= 0.3 is 0 Å². The number of aromatic nitrogens is 2. The minimum absolute atomic E-state index is 0.0313. The highest BCUT2D eigenvalue weighted by Crippen LogP contribution is 2.32. The molecule has 3 aromatic rings. The summed E-state index contributed by atoms with van der Waals surface area (Å²) in [6.07, 6.45) is 1.71. The van der Waals surface area contributed by atoms with Gasteiger partial charge in [0.2, 0.25) is 12.6 Å². The standard InChI is InChI=1S/C20H20N4O4/c1-12(2)22-19(25)17-14-5-3-4-8-24(14)18(23-17)20(26)21-10-13-6-7-15-16(9-13)28-11-27-15/h3-9,12H,10-11H2,1-2H3,(H,21,26)(H,22,25). The second kappa shape index (κ2) is 7.22. The molecule has 8 heteroatoms. The maximum absolute atomic E-state index is 12.7. The van der Waals surface area contributed by atoms with E-state index in [4.69, 9.17) is 9.47 Å². The van der Waals surface area contributed by atoms with Gasteiger partial charge in [-0.2, -0.15) is 0 Å². The van der Waals surface area contributed by atoms with Gasteiger partial charge in [-0.1, -0.05) is 12.1 Å². The van der Waals surface area contributed by atoms with E-state index in [2.05, 4.69) is 15.6 Å². The zero-order valence-corrected chi connectivity index (χ0v) is 15.6. The van der Waals surface area contributed by atoms with Crippen LogP contribution in [0.1, 0.15) is 40.5 Å². The summed E-state index contributed by atoms with van der Waals surface area (Å²) in [5.41, 5.74) is 1.67. The van der Waals surface area contributed by atoms with Gasteiger partial charge in [0.15, 0.2) is 17.2 Å². The molecule has 0 fully saturated rings. The highest BCUT2D eigenvalue weighted by molar-refractivity contribution is 6.02. The lowest BCUT2D eigenvalue weighted by atomic mass is 10.2. The molecule has 2 N–H and O–H groups in total. The van der Waals surface area contributed by atoms with Crippen LogP contribution in [0.25, 0.3) is 5.52 Å². The van der Waals surface area contributed by atoms with Crippen molar-refractivity contribution >= 4 is 17.3 Å². The normalized spacial score (nSPS) is 12.4. The van der Waals surface area contributed by atoms with E-state index in [-0.39, 0.29) is 36.2 Å². The van der Waals surface area contributed by atoms with Crippen molar-refractivity contribution in [3.8, 4) is 11.5 Å². The first-order chi connectivity index (χ1) is 13.5. The van der Waals surface area contributed by atoms with Crippen LogP contribution in [0.3, 0.4) is 0 Å². The Hall–Kier alpha value is -3.55. The number of carbonyl (C=O) groups is 2. The number of pyridine rings is 1. The zero-order chi connectivity index (χ0) is 19.7. The minimum Gasteiger partial charge on any atom is -0.454 e. The smallest absolute Gasteiger partial charge is 0.287 e. The molecule has 3 heterocycles. The Balaban J connectivity index is 1.56. The lowest BCUT2D eigenvalue weighted by Gasteiger charge is -2.06. The van der Waals surface area contributed by atoms with Crippen LogP contribution in [-0.2, 0) is 6.54 Å². The molecular formula is C20H20N4O4. The fourth-order valence-electron chi connectivity index (χ4n) is 3.01. The molecule has 4 rings (SSSR count). The number of carbonyl (C=O) groups excluding carboxylic acids is 2. The Labute approximate surface area is 161 Å². The van der Waals surface area contributed by atoms with Gasteiger partial charge in [0.1, 0.15) is 0 Å². The number of fused-ring (bicyclic) bond motifs is 2. The molecule has 1 aromatic carbocycles. The molecule has 0 bridgehead atoms. The number of benzene rings is 1. The van der Waals surface area contributed by atoms with E-state index in [1.54, 1.807) is 28.8 Å². The van der Waals surface area contributed by atoms with Crippen LogP contribution in [0.15, 0.2) is 42.6 Å². The highest BCUT2D eigenvalue weighted by atomic mass is 16.7. The van der Waals surface area contributed by atoms with Crippen LogP contribution in [0, 0.1) is 0 Å². The van der Waals surface area contributed by atoms with Crippen LogP contribution in [0.4, 0.5) is 0 Å². The fraction of sp³-hybridized carbons (Fsp3) is 0.250. The van der Waals surface area contributed by atoms with Crippen molar-refractivity contribution in [2.45, 2.75) is 26.4 Å². The molecule has 2 aromatic heterocycles. The zero-order valence-electron chi connectivity index (χ0n) is 15.6. The monoisotopic (exact) mass is 380 g/mol. The second-order valence-electron chi connectivity index (χ2n) is 6.74. The molecule has 144 valence electrons.